The minimum Gasteiger partial charge on any atom is -0.416 e. The number of hydrogen-bond donors (Lipinski definition) is 3. The topological polar surface area (TPSA) is 75.0 Å². The molecule has 3 heterocycles. The highest BCUT2D eigenvalue weighted by molar-refractivity contribution is 5.79. The molecule has 0 bridgehead atoms. The van der Waals surface area contributed by atoms with E-state index in [4.69, 9.17) is 4.42 Å². The molecule has 0 spiro atoms. The second kappa shape index (κ2) is 9.06. The Hall–Kier alpha value is -3.29. The summed E-state index contributed by atoms with van der Waals surface area (Å²) < 4.78 is 20.8. The Labute approximate surface area is 186 Å². The predicted octanol–water partition coefficient (Wildman–Crippen LogP) is 4.34. The number of aromatic nitrogens is 2. The van der Waals surface area contributed by atoms with Gasteiger partial charge in [-0.1, -0.05) is 24.3 Å². The van der Waals surface area contributed by atoms with Gasteiger partial charge in [-0.3, -0.25) is 0 Å². The van der Waals surface area contributed by atoms with Gasteiger partial charge in [-0.15, -0.1) is 10.2 Å². The van der Waals surface area contributed by atoms with Crippen molar-refractivity contribution in [2.45, 2.75) is 12.8 Å². The molecule has 164 valence electrons. The molecule has 32 heavy (non-hydrogen) atoms. The fraction of sp³-hybridized carbons (Fsp3) is 0.280. The first-order chi connectivity index (χ1) is 15.7. The molecule has 1 aromatic heterocycles. The van der Waals surface area contributed by atoms with Gasteiger partial charge in [-0.2, -0.15) is 0 Å². The number of nitrogens with one attached hydrogen (secondary N) is 3. The third-order valence-electron chi connectivity index (χ3n) is 6.01. The normalized spacial score (nSPS) is 16.4. The van der Waals surface area contributed by atoms with E-state index in [1.165, 1.54) is 11.1 Å². The van der Waals surface area contributed by atoms with Crippen LogP contribution in [-0.2, 0) is 0 Å². The van der Waals surface area contributed by atoms with E-state index < -0.39 is 0 Å². The maximum Gasteiger partial charge on any atom is 0.251 e. The molecule has 0 saturated carbocycles. The summed E-state index contributed by atoms with van der Waals surface area (Å²) in [6.45, 7) is 3.58. The van der Waals surface area contributed by atoms with Crippen molar-refractivity contribution in [3.63, 3.8) is 0 Å². The highest BCUT2D eigenvalue weighted by atomic mass is 19.1. The Morgan fingerprint density at radius 1 is 0.844 bits per heavy atom. The minimum atomic E-state index is -0.362. The zero-order valence-corrected chi connectivity index (χ0v) is 18.0. The molecule has 2 aliphatic rings. The first-order valence-electron chi connectivity index (χ1n) is 11.0. The lowest BCUT2D eigenvalue weighted by atomic mass is 9.98. The van der Waals surface area contributed by atoms with Crippen molar-refractivity contribution in [2.24, 2.45) is 0 Å². The van der Waals surface area contributed by atoms with Crippen molar-refractivity contribution >= 4 is 16.8 Å². The van der Waals surface area contributed by atoms with Gasteiger partial charge in [0, 0.05) is 25.8 Å². The molecule has 0 amide bonds. The molecule has 0 saturated heterocycles. The molecule has 2 aliphatic heterocycles. The van der Waals surface area contributed by atoms with Crippen LogP contribution in [0.3, 0.4) is 0 Å². The van der Waals surface area contributed by atoms with Crippen molar-refractivity contribution in [1.82, 2.24) is 20.8 Å². The fourth-order valence-electron chi connectivity index (χ4n) is 4.24. The molecule has 0 fully saturated rings. The molecule has 3 aromatic rings. The highest BCUT2D eigenvalue weighted by Gasteiger charge is 2.18. The Bertz CT molecular complexity index is 1200. The average molecular weight is 432 g/mol. The van der Waals surface area contributed by atoms with E-state index in [9.17, 15) is 4.39 Å². The Morgan fingerprint density at radius 2 is 1.44 bits per heavy atom. The molecule has 7 heteroatoms. The van der Waals surface area contributed by atoms with E-state index in [1.807, 2.05) is 19.2 Å². The molecule has 0 radical (unpaired) electrons. The van der Waals surface area contributed by atoms with Gasteiger partial charge in [-0.25, -0.2) is 4.39 Å². The lowest BCUT2D eigenvalue weighted by Gasteiger charge is -2.16. The molecule has 0 aliphatic carbocycles. The Kier molecular flexibility index (Phi) is 5.83. The summed E-state index contributed by atoms with van der Waals surface area (Å²) in [7, 11) is 1.87. The van der Waals surface area contributed by atoms with Gasteiger partial charge in [0.15, 0.2) is 0 Å². The van der Waals surface area contributed by atoms with Crippen LogP contribution >= 0.6 is 0 Å². The Morgan fingerprint density at radius 3 is 2.00 bits per heavy atom. The van der Waals surface area contributed by atoms with Crippen LogP contribution in [0.15, 0.2) is 53.0 Å². The largest absolute Gasteiger partial charge is 0.416 e. The summed E-state index contributed by atoms with van der Waals surface area (Å²) >= 11 is 0. The van der Waals surface area contributed by atoms with Crippen molar-refractivity contribution in [3.8, 4) is 22.9 Å². The summed E-state index contributed by atoms with van der Waals surface area (Å²) in [5, 5.41) is 18.2. The minimum absolute atomic E-state index is 0.176. The maximum atomic E-state index is 14.9. The monoisotopic (exact) mass is 431 g/mol. The molecule has 0 atom stereocenters. The zero-order valence-electron chi connectivity index (χ0n) is 18.0. The second-order valence-corrected chi connectivity index (χ2v) is 7.98. The molecule has 0 unspecified atom stereocenters. The van der Waals surface area contributed by atoms with E-state index in [0.29, 0.717) is 11.5 Å². The van der Waals surface area contributed by atoms with Crippen molar-refractivity contribution < 1.29 is 8.81 Å². The van der Waals surface area contributed by atoms with Crippen LogP contribution in [-0.4, -0.2) is 43.4 Å². The summed E-state index contributed by atoms with van der Waals surface area (Å²) in [4.78, 5) is 0. The summed E-state index contributed by atoms with van der Waals surface area (Å²) in [5.41, 5.74) is 6.55. The van der Waals surface area contributed by atoms with Crippen LogP contribution in [0, 0.1) is 5.82 Å². The van der Waals surface area contributed by atoms with E-state index in [-0.39, 0.29) is 11.7 Å². The second-order valence-electron chi connectivity index (χ2n) is 7.98. The SMILES string of the molecule is CNc1cc(C2=CCNCC2)ccc1-c1nnc(-c2ccc(C3=CCNCC3)cc2F)o1. The van der Waals surface area contributed by atoms with Crippen molar-refractivity contribution in [1.29, 1.82) is 0 Å². The van der Waals surface area contributed by atoms with Crippen LogP contribution in [0.2, 0.25) is 0 Å². The lowest BCUT2D eigenvalue weighted by Crippen LogP contribution is -2.20. The van der Waals surface area contributed by atoms with Gasteiger partial charge < -0.3 is 20.4 Å². The van der Waals surface area contributed by atoms with E-state index >= 15 is 0 Å². The summed E-state index contributed by atoms with van der Waals surface area (Å²) in [6, 6.07) is 11.3. The average Bonchev–Trinajstić information content (AvgIpc) is 3.34. The fourth-order valence-corrected chi connectivity index (χ4v) is 4.24. The number of rotatable bonds is 5. The van der Waals surface area contributed by atoms with Crippen LogP contribution in [0.1, 0.15) is 24.0 Å². The molecular weight excluding hydrogens is 405 g/mol. The third kappa shape index (κ3) is 4.09. The van der Waals surface area contributed by atoms with Gasteiger partial charge in [-0.05, 0) is 72.5 Å². The Balaban J connectivity index is 1.43. The van der Waals surface area contributed by atoms with E-state index in [2.05, 4.69) is 50.4 Å². The lowest BCUT2D eigenvalue weighted by molar-refractivity contribution is 0.570. The number of anilines is 1. The molecule has 2 aromatic carbocycles. The van der Waals surface area contributed by atoms with E-state index in [0.717, 1.165) is 61.4 Å². The summed E-state index contributed by atoms with van der Waals surface area (Å²) in [6.07, 6.45) is 6.20. The van der Waals surface area contributed by atoms with Crippen molar-refractivity contribution in [3.05, 3.63) is 65.5 Å². The van der Waals surface area contributed by atoms with Gasteiger partial charge in [0.05, 0.1) is 11.1 Å². The van der Waals surface area contributed by atoms with Crippen LogP contribution < -0.4 is 16.0 Å². The number of benzene rings is 2. The molecule has 6 nitrogen and oxygen atoms in total. The first-order valence-corrected chi connectivity index (χ1v) is 11.0. The molecule has 3 N–H and O–H groups in total. The third-order valence-corrected chi connectivity index (χ3v) is 6.01. The predicted molar refractivity (Wildman–Crippen MR) is 126 cm³/mol. The van der Waals surface area contributed by atoms with Gasteiger partial charge in [0.2, 0.25) is 5.89 Å². The van der Waals surface area contributed by atoms with Gasteiger partial charge in [0.25, 0.3) is 5.89 Å². The van der Waals surface area contributed by atoms with Crippen LogP contribution in [0.5, 0.6) is 0 Å². The van der Waals surface area contributed by atoms with E-state index in [1.54, 1.807) is 12.1 Å². The number of hydrogen-bond acceptors (Lipinski definition) is 6. The van der Waals surface area contributed by atoms with Crippen LogP contribution in [0.25, 0.3) is 34.1 Å². The first kappa shape index (κ1) is 20.6. The highest BCUT2D eigenvalue weighted by Crippen LogP contribution is 2.34. The number of nitrogens with zero attached hydrogens (tertiary/aromatic N) is 2. The number of halogens is 1. The standard InChI is InChI=1S/C25H26FN5O/c1-27-23-15-19(17-8-12-29-13-9-17)3-5-21(23)25-31-30-24(32-25)20-4-2-18(14-22(20)26)16-6-10-28-11-7-16/h2-6,8,14-15,27-29H,7,9-13H2,1H3. The van der Waals surface area contributed by atoms with Crippen LogP contribution in [0.4, 0.5) is 10.1 Å². The maximum absolute atomic E-state index is 14.9. The zero-order chi connectivity index (χ0) is 21.9. The molecule has 5 rings (SSSR count). The van der Waals surface area contributed by atoms with Crippen molar-refractivity contribution in [2.75, 3.05) is 38.5 Å². The quantitative estimate of drug-likeness (QED) is 0.558. The molecular formula is C25H26FN5O. The van der Waals surface area contributed by atoms with Gasteiger partial charge >= 0.3 is 0 Å². The summed E-state index contributed by atoms with van der Waals surface area (Å²) in [5.74, 6) is 0.175. The van der Waals surface area contributed by atoms with Gasteiger partial charge in [0.1, 0.15) is 5.82 Å². The smallest absolute Gasteiger partial charge is 0.251 e.